The summed E-state index contributed by atoms with van der Waals surface area (Å²) >= 11 is 0. The van der Waals surface area contributed by atoms with E-state index < -0.39 is 178 Å². The van der Waals surface area contributed by atoms with E-state index in [0.717, 1.165) is 32.1 Å². The molecular weight excluding hydrogens is 1010 g/mol. The Labute approximate surface area is 439 Å². The van der Waals surface area contributed by atoms with Crippen molar-refractivity contribution in [3.63, 3.8) is 0 Å². The van der Waals surface area contributed by atoms with E-state index in [4.69, 9.17) is 47.4 Å². The Bertz CT molecular complexity index is 1990. The van der Waals surface area contributed by atoms with Gasteiger partial charge in [-0.05, 0) is 73.5 Å². The molecule has 10 aliphatic rings. The lowest BCUT2D eigenvalue weighted by Gasteiger charge is -2.61. The molecule has 10 rings (SSSR count). The topological polar surface area (TPSA) is 393 Å². The molecule has 4 aliphatic carbocycles. The highest BCUT2D eigenvalue weighted by Gasteiger charge is 2.72. The van der Waals surface area contributed by atoms with Gasteiger partial charge in [-0.3, -0.25) is 4.79 Å². The molecule has 76 heavy (non-hydrogen) atoms. The van der Waals surface area contributed by atoms with E-state index in [0.29, 0.717) is 25.4 Å². The number of carbonyl (C=O) groups is 1. The molecule has 0 aromatic rings. The molecule has 1 spiro atoms. The monoisotopic (exact) mass is 1090 g/mol. The molecule has 0 radical (unpaired) electrons. The lowest BCUT2D eigenvalue weighted by molar-refractivity contribution is -0.407. The number of aliphatic hydroxyl groups excluding tert-OH is 14. The van der Waals surface area contributed by atoms with Crippen molar-refractivity contribution in [2.45, 2.75) is 226 Å². The Hall–Kier alpha value is -1.29. The van der Waals surface area contributed by atoms with Gasteiger partial charge in [0.05, 0.1) is 51.3 Å². The molecule has 6 aliphatic heterocycles. The summed E-state index contributed by atoms with van der Waals surface area (Å²) in [4.78, 5) is 14.7. The third kappa shape index (κ3) is 9.57. The number of carbonyl (C=O) groups excluding carboxylic acids is 1. The number of Topliss-reactive ketones (excluding diaryl/α,β-unsaturated/α-hetero) is 1. The maximum atomic E-state index is 14.7. The van der Waals surface area contributed by atoms with E-state index in [2.05, 4.69) is 27.7 Å². The molecule has 0 bridgehead atoms. The van der Waals surface area contributed by atoms with Crippen LogP contribution in [0.3, 0.4) is 0 Å². The molecule has 4 saturated carbocycles. The van der Waals surface area contributed by atoms with Gasteiger partial charge in [0.15, 0.2) is 30.9 Å². The van der Waals surface area contributed by atoms with Crippen molar-refractivity contribution in [3.8, 4) is 0 Å². The highest BCUT2D eigenvalue weighted by molar-refractivity contribution is 5.87. The van der Waals surface area contributed by atoms with E-state index in [1.807, 2.05) is 0 Å². The van der Waals surface area contributed by atoms with Crippen molar-refractivity contribution in [2.75, 3.05) is 33.0 Å². The van der Waals surface area contributed by atoms with Gasteiger partial charge in [-0.2, -0.15) is 0 Å². The molecule has 33 unspecified atom stereocenters. The van der Waals surface area contributed by atoms with Crippen molar-refractivity contribution in [2.24, 2.45) is 52.3 Å². The largest absolute Gasteiger partial charge is 0.394 e. The Morgan fingerprint density at radius 3 is 1.70 bits per heavy atom. The second-order valence-electron chi connectivity index (χ2n) is 24.3. The van der Waals surface area contributed by atoms with Crippen molar-refractivity contribution in [3.05, 3.63) is 0 Å². The van der Waals surface area contributed by atoms with E-state index in [1.54, 1.807) is 0 Å². The second kappa shape index (κ2) is 22.1. The summed E-state index contributed by atoms with van der Waals surface area (Å²) in [5, 5.41) is 152. The van der Waals surface area contributed by atoms with Crippen LogP contribution in [0, 0.1) is 52.3 Å². The summed E-state index contributed by atoms with van der Waals surface area (Å²) in [5.74, 6) is 0.507. The number of ketones is 1. The molecule has 25 nitrogen and oxygen atoms in total. The third-order valence-corrected chi connectivity index (χ3v) is 20.3. The minimum atomic E-state index is -2.07. The van der Waals surface area contributed by atoms with Gasteiger partial charge in [0.2, 0.25) is 0 Å². The second-order valence-corrected chi connectivity index (χ2v) is 24.3. The fourth-order valence-electron chi connectivity index (χ4n) is 15.9. The van der Waals surface area contributed by atoms with Crippen LogP contribution in [-0.4, -0.2) is 257 Å². The van der Waals surface area contributed by atoms with Crippen molar-refractivity contribution >= 4 is 5.78 Å². The summed E-state index contributed by atoms with van der Waals surface area (Å²) < 4.78 is 60.9. The average molecular weight is 1100 g/mol. The summed E-state index contributed by atoms with van der Waals surface area (Å²) in [6.45, 7) is 5.73. The first-order chi connectivity index (χ1) is 36.0. The lowest BCUT2D eigenvalue weighted by atomic mass is 9.43. The molecule has 6 heterocycles. The number of rotatable bonds is 12. The Balaban J connectivity index is 0.838. The summed E-state index contributed by atoms with van der Waals surface area (Å²) in [7, 11) is 0. The molecule has 33 atom stereocenters. The molecule has 436 valence electrons. The van der Waals surface area contributed by atoms with Crippen LogP contribution in [0.1, 0.15) is 79.1 Å². The minimum absolute atomic E-state index is 0.00147. The molecule has 25 heteroatoms. The van der Waals surface area contributed by atoms with Crippen LogP contribution in [-0.2, 0) is 52.2 Å². The van der Waals surface area contributed by atoms with Crippen molar-refractivity contribution in [1.82, 2.24) is 0 Å². The first-order valence-corrected chi connectivity index (χ1v) is 27.4. The third-order valence-electron chi connectivity index (χ3n) is 20.3. The quantitative estimate of drug-likeness (QED) is 0.0816. The van der Waals surface area contributed by atoms with Crippen LogP contribution in [0.25, 0.3) is 0 Å². The van der Waals surface area contributed by atoms with E-state index >= 15 is 0 Å². The fourth-order valence-corrected chi connectivity index (χ4v) is 15.9. The van der Waals surface area contributed by atoms with E-state index in [-0.39, 0.29) is 53.8 Å². The van der Waals surface area contributed by atoms with Gasteiger partial charge in [-0.1, -0.05) is 27.7 Å². The van der Waals surface area contributed by atoms with Crippen LogP contribution >= 0.6 is 0 Å². The van der Waals surface area contributed by atoms with Gasteiger partial charge < -0.3 is 119 Å². The Kier molecular flexibility index (Phi) is 16.9. The molecule has 0 aromatic carbocycles. The number of hydrogen-bond donors (Lipinski definition) is 14. The van der Waals surface area contributed by atoms with Crippen LogP contribution in [0.5, 0.6) is 0 Å². The molecule has 14 N–H and O–H groups in total. The summed E-state index contributed by atoms with van der Waals surface area (Å²) in [5.41, 5.74) is -1.000. The molecule has 0 aromatic heterocycles. The van der Waals surface area contributed by atoms with Gasteiger partial charge in [0.25, 0.3) is 0 Å². The van der Waals surface area contributed by atoms with Crippen molar-refractivity contribution < 1.29 is 124 Å². The number of hydrogen-bond acceptors (Lipinski definition) is 25. The average Bonchev–Trinajstić information content (AvgIpc) is 4.10. The predicted octanol–water partition coefficient (Wildman–Crippen LogP) is -4.76. The smallest absolute Gasteiger partial charge is 0.187 e. The van der Waals surface area contributed by atoms with Crippen LogP contribution in [0.15, 0.2) is 0 Å². The van der Waals surface area contributed by atoms with Gasteiger partial charge in [0.1, 0.15) is 103 Å². The van der Waals surface area contributed by atoms with Gasteiger partial charge >= 0.3 is 0 Å². The minimum Gasteiger partial charge on any atom is -0.394 e. The number of aliphatic hydroxyl groups is 14. The first-order valence-electron chi connectivity index (χ1n) is 27.4. The predicted molar refractivity (Wildman–Crippen MR) is 250 cm³/mol. The van der Waals surface area contributed by atoms with Crippen LogP contribution in [0.4, 0.5) is 0 Å². The molecule has 6 saturated heterocycles. The highest BCUT2D eigenvalue weighted by atomic mass is 16.8. The normalized spacial score (nSPS) is 57.4. The lowest BCUT2D eigenvalue weighted by Crippen LogP contribution is -2.69. The van der Waals surface area contributed by atoms with Crippen LogP contribution in [0.2, 0.25) is 0 Å². The fraction of sp³-hybridized carbons (Fsp3) is 0.980. The Morgan fingerprint density at radius 2 is 1.11 bits per heavy atom. The first kappa shape index (κ1) is 57.9. The maximum Gasteiger partial charge on any atom is 0.187 e. The van der Waals surface area contributed by atoms with E-state index in [1.165, 1.54) is 0 Å². The van der Waals surface area contributed by atoms with Gasteiger partial charge in [0, 0.05) is 30.1 Å². The summed E-state index contributed by atoms with van der Waals surface area (Å²) in [6.07, 6.45) is -33.9. The SMILES string of the molecule is CC1CCC2(OC1)OC1CC3C4CCC5CC(OC6OC(CO)C(OC7OC(CO)C(O)C(OC8OC(CO)C(O)C(O)C8O)C7OC7OC(CO)C(O)C(O)C7O)C(O)C6O)C(O)CC5(C)C4CC(=O)C3(C)C1C2C. The van der Waals surface area contributed by atoms with Crippen LogP contribution < -0.4 is 0 Å². The molecule has 0 amide bonds. The number of ether oxygens (including phenoxy) is 10. The zero-order valence-electron chi connectivity index (χ0n) is 43.3. The van der Waals surface area contributed by atoms with Gasteiger partial charge in [-0.25, -0.2) is 0 Å². The zero-order chi connectivity index (χ0) is 54.7. The Morgan fingerprint density at radius 1 is 0.566 bits per heavy atom. The highest BCUT2D eigenvalue weighted by Crippen LogP contribution is 2.70. The summed E-state index contributed by atoms with van der Waals surface area (Å²) in [6, 6.07) is 0. The molecule has 10 fully saturated rings. The standard InChI is InChI=1S/C51H82O25/c1-18-7-8-51(67-17-18)19(2)32-26(76-51)10-23-21-6-5-20-9-25(24(56)12-49(20,3)22(21)11-31(57)50(23,32)4)68-45-41(66)38(63)42(30(16-55)72-45)73-48-44(75-47-40(65)37(62)34(59)28(14-53)70-47)43(35(60)29(15-54)71-48)74-46-39(64)36(61)33(58)27(13-52)69-46/h18-30,32-48,52-56,58-66H,5-17H2,1-4H3. The maximum absolute atomic E-state index is 14.7. The number of fused-ring (bicyclic) bond motifs is 7. The molecular formula is C51H82O25. The van der Waals surface area contributed by atoms with E-state index in [9.17, 15) is 76.3 Å². The zero-order valence-corrected chi connectivity index (χ0v) is 43.3. The van der Waals surface area contributed by atoms with Gasteiger partial charge in [-0.15, -0.1) is 0 Å². The van der Waals surface area contributed by atoms with Crippen molar-refractivity contribution in [1.29, 1.82) is 0 Å².